The van der Waals surface area contributed by atoms with Crippen LogP contribution in [0.4, 0.5) is 4.39 Å². The van der Waals surface area contributed by atoms with Gasteiger partial charge in [-0.05, 0) is 61.9 Å². The summed E-state index contributed by atoms with van der Waals surface area (Å²) in [5, 5.41) is 15.0. The predicted molar refractivity (Wildman–Crippen MR) is 70.4 cm³/mol. The van der Waals surface area contributed by atoms with Crippen LogP contribution in [0.3, 0.4) is 0 Å². The fourth-order valence-corrected chi connectivity index (χ4v) is 1.70. The van der Waals surface area contributed by atoms with Crippen LogP contribution in [0.1, 0.15) is 32.2 Å². The molecular formula is C13H18FN5. The molecule has 0 saturated carbocycles. The van der Waals surface area contributed by atoms with Crippen LogP contribution in [0.5, 0.6) is 0 Å². The molecule has 102 valence electrons. The Morgan fingerprint density at radius 1 is 1.32 bits per heavy atom. The van der Waals surface area contributed by atoms with Crippen molar-refractivity contribution in [1.29, 1.82) is 0 Å². The van der Waals surface area contributed by atoms with E-state index in [9.17, 15) is 4.39 Å². The van der Waals surface area contributed by atoms with Gasteiger partial charge in [0.2, 0.25) is 0 Å². The Bertz CT molecular complexity index is 571. The van der Waals surface area contributed by atoms with Crippen LogP contribution in [0.15, 0.2) is 18.2 Å². The van der Waals surface area contributed by atoms with Gasteiger partial charge in [0.05, 0.1) is 12.2 Å². The highest BCUT2D eigenvalue weighted by atomic mass is 19.1. The van der Waals surface area contributed by atoms with E-state index in [1.807, 2.05) is 6.92 Å². The molecule has 1 heterocycles. The number of nitrogens with one attached hydrogen (secondary N) is 1. The maximum atomic E-state index is 13.1. The summed E-state index contributed by atoms with van der Waals surface area (Å²) in [6.07, 6.45) is 0. The van der Waals surface area contributed by atoms with E-state index in [0.717, 1.165) is 11.3 Å². The molecule has 19 heavy (non-hydrogen) atoms. The number of hydrogen-bond donors (Lipinski definition) is 1. The molecule has 0 spiro atoms. The van der Waals surface area contributed by atoms with E-state index in [2.05, 4.69) is 41.6 Å². The number of hydrogen-bond acceptors (Lipinski definition) is 4. The lowest BCUT2D eigenvalue weighted by molar-refractivity contribution is 0.415. The molecule has 1 N–H and O–H groups in total. The van der Waals surface area contributed by atoms with E-state index >= 15 is 0 Å². The maximum Gasteiger partial charge on any atom is 0.170 e. The summed E-state index contributed by atoms with van der Waals surface area (Å²) in [5.41, 5.74) is 1.57. The summed E-state index contributed by atoms with van der Waals surface area (Å²) in [6.45, 7) is 8.60. The third kappa shape index (κ3) is 3.35. The van der Waals surface area contributed by atoms with Crippen LogP contribution in [-0.4, -0.2) is 25.7 Å². The number of aromatic nitrogens is 4. The van der Waals surface area contributed by atoms with Crippen molar-refractivity contribution < 1.29 is 4.39 Å². The van der Waals surface area contributed by atoms with E-state index in [1.54, 1.807) is 10.7 Å². The highest BCUT2D eigenvalue weighted by molar-refractivity contribution is 5.39. The summed E-state index contributed by atoms with van der Waals surface area (Å²) in [5.74, 6) is 0.438. The SMILES string of the molecule is Cc1cc(F)ccc1-n1nnnc1CNC(C)(C)C. The largest absolute Gasteiger partial charge is 0.305 e. The third-order valence-corrected chi connectivity index (χ3v) is 2.70. The van der Waals surface area contributed by atoms with Crippen molar-refractivity contribution in [3.63, 3.8) is 0 Å². The fraction of sp³-hybridized carbons (Fsp3) is 0.462. The van der Waals surface area contributed by atoms with Gasteiger partial charge in [0.15, 0.2) is 5.82 Å². The lowest BCUT2D eigenvalue weighted by Crippen LogP contribution is -2.36. The number of nitrogens with zero attached hydrogens (tertiary/aromatic N) is 4. The minimum Gasteiger partial charge on any atom is -0.305 e. The quantitative estimate of drug-likeness (QED) is 0.920. The monoisotopic (exact) mass is 263 g/mol. The summed E-state index contributed by atoms with van der Waals surface area (Å²) in [4.78, 5) is 0. The second-order valence-electron chi connectivity index (χ2n) is 5.54. The normalized spacial score (nSPS) is 11.8. The van der Waals surface area contributed by atoms with Crippen LogP contribution >= 0.6 is 0 Å². The highest BCUT2D eigenvalue weighted by Gasteiger charge is 2.14. The maximum absolute atomic E-state index is 13.1. The van der Waals surface area contributed by atoms with E-state index in [0.29, 0.717) is 12.4 Å². The Kier molecular flexibility index (Phi) is 3.61. The second kappa shape index (κ2) is 5.05. The van der Waals surface area contributed by atoms with Crippen molar-refractivity contribution in [1.82, 2.24) is 25.5 Å². The molecule has 0 atom stereocenters. The van der Waals surface area contributed by atoms with Gasteiger partial charge in [0, 0.05) is 5.54 Å². The molecule has 2 aromatic rings. The zero-order valence-corrected chi connectivity index (χ0v) is 11.6. The Labute approximate surface area is 111 Å². The molecule has 0 bridgehead atoms. The van der Waals surface area contributed by atoms with E-state index in [1.165, 1.54) is 12.1 Å². The van der Waals surface area contributed by atoms with Crippen molar-refractivity contribution in [2.45, 2.75) is 39.8 Å². The first-order chi connectivity index (χ1) is 8.87. The van der Waals surface area contributed by atoms with Crippen molar-refractivity contribution in [3.05, 3.63) is 35.4 Å². The van der Waals surface area contributed by atoms with Crippen LogP contribution in [-0.2, 0) is 6.54 Å². The highest BCUT2D eigenvalue weighted by Crippen LogP contribution is 2.15. The van der Waals surface area contributed by atoms with Gasteiger partial charge in [0.25, 0.3) is 0 Å². The van der Waals surface area contributed by atoms with Crippen molar-refractivity contribution in [2.75, 3.05) is 0 Å². The molecule has 1 aromatic carbocycles. The van der Waals surface area contributed by atoms with Gasteiger partial charge in [-0.25, -0.2) is 4.39 Å². The number of halogens is 1. The van der Waals surface area contributed by atoms with Crippen molar-refractivity contribution in [3.8, 4) is 5.69 Å². The standard InChI is InChI=1S/C13H18FN5/c1-9-7-10(14)5-6-11(9)19-12(16-17-18-19)8-15-13(2,3)4/h5-7,15H,8H2,1-4H3. The number of rotatable bonds is 3. The van der Waals surface area contributed by atoms with E-state index < -0.39 is 0 Å². The average molecular weight is 263 g/mol. The molecule has 0 aliphatic rings. The topological polar surface area (TPSA) is 55.6 Å². The minimum atomic E-state index is -0.260. The van der Waals surface area contributed by atoms with Crippen LogP contribution < -0.4 is 5.32 Å². The first-order valence-electron chi connectivity index (χ1n) is 6.15. The molecule has 5 nitrogen and oxygen atoms in total. The lowest BCUT2D eigenvalue weighted by Gasteiger charge is -2.20. The molecule has 0 saturated heterocycles. The lowest BCUT2D eigenvalue weighted by atomic mass is 10.1. The minimum absolute atomic E-state index is 0.0192. The first kappa shape index (κ1) is 13.6. The molecule has 0 aliphatic carbocycles. The average Bonchev–Trinajstić information content (AvgIpc) is 2.73. The Hall–Kier alpha value is -1.82. The van der Waals surface area contributed by atoms with Crippen molar-refractivity contribution >= 4 is 0 Å². The number of aryl methyl sites for hydroxylation is 1. The van der Waals surface area contributed by atoms with Crippen LogP contribution in [0.25, 0.3) is 5.69 Å². The predicted octanol–water partition coefficient (Wildman–Crippen LogP) is 2.00. The smallest absolute Gasteiger partial charge is 0.170 e. The van der Waals surface area contributed by atoms with Gasteiger partial charge in [0.1, 0.15) is 5.82 Å². The molecule has 1 aromatic heterocycles. The van der Waals surface area contributed by atoms with Crippen LogP contribution in [0.2, 0.25) is 0 Å². The van der Waals surface area contributed by atoms with Gasteiger partial charge in [-0.3, -0.25) is 0 Å². The second-order valence-corrected chi connectivity index (χ2v) is 5.54. The Morgan fingerprint density at radius 2 is 2.05 bits per heavy atom. The summed E-state index contributed by atoms with van der Waals surface area (Å²) in [6, 6.07) is 4.56. The van der Waals surface area contributed by atoms with Gasteiger partial charge in [-0.2, -0.15) is 4.68 Å². The zero-order chi connectivity index (χ0) is 14.0. The van der Waals surface area contributed by atoms with Gasteiger partial charge in [-0.1, -0.05) is 0 Å². The number of benzene rings is 1. The van der Waals surface area contributed by atoms with E-state index in [-0.39, 0.29) is 11.4 Å². The molecule has 0 amide bonds. The van der Waals surface area contributed by atoms with Crippen LogP contribution in [0, 0.1) is 12.7 Å². The van der Waals surface area contributed by atoms with Gasteiger partial charge < -0.3 is 5.32 Å². The van der Waals surface area contributed by atoms with Crippen molar-refractivity contribution in [2.24, 2.45) is 0 Å². The molecule has 0 aliphatic heterocycles. The molecule has 2 rings (SSSR count). The molecule has 0 radical (unpaired) electrons. The number of tetrazole rings is 1. The summed E-state index contributed by atoms with van der Waals surface area (Å²) in [7, 11) is 0. The molecule has 6 heteroatoms. The Balaban J connectivity index is 2.28. The molecule has 0 unspecified atom stereocenters. The third-order valence-electron chi connectivity index (χ3n) is 2.70. The molecular weight excluding hydrogens is 245 g/mol. The zero-order valence-electron chi connectivity index (χ0n) is 11.6. The van der Waals surface area contributed by atoms with Gasteiger partial charge in [-0.15, -0.1) is 5.10 Å². The molecule has 0 fully saturated rings. The van der Waals surface area contributed by atoms with Gasteiger partial charge >= 0.3 is 0 Å². The first-order valence-corrected chi connectivity index (χ1v) is 6.15. The summed E-state index contributed by atoms with van der Waals surface area (Å²) >= 11 is 0. The fourth-order valence-electron chi connectivity index (χ4n) is 1.70. The van der Waals surface area contributed by atoms with E-state index in [4.69, 9.17) is 0 Å². The summed E-state index contributed by atoms with van der Waals surface area (Å²) < 4.78 is 14.8. The Morgan fingerprint density at radius 3 is 2.68 bits per heavy atom.